The highest BCUT2D eigenvalue weighted by Crippen LogP contribution is 2.18. The molecule has 0 aliphatic rings. The highest BCUT2D eigenvalue weighted by atomic mass is 16.5. The van der Waals surface area contributed by atoms with Crippen LogP contribution >= 0.6 is 0 Å². The van der Waals surface area contributed by atoms with Gasteiger partial charge < -0.3 is 20.6 Å². The Bertz CT molecular complexity index is 536. The van der Waals surface area contributed by atoms with E-state index in [9.17, 15) is 4.79 Å². The molecule has 2 aromatic rings. The molecule has 96 valence electrons. The lowest BCUT2D eigenvalue weighted by Gasteiger charge is -2.10. The first-order chi connectivity index (χ1) is 8.72. The first-order valence-corrected chi connectivity index (χ1v) is 5.80. The highest BCUT2D eigenvalue weighted by molar-refractivity contribution is 5.84. The monoisotopic (exact) mass is 248 g/mol. The molecule has 0 bridgehead atoms. The lowest BCUT2D eigenvalue weighted by atomic mass is 10.1. The van der Waals surface area contributed by atoms with Crippen molar-refractivity contribution < 1.29 is 14.6 Å². The minimum Gasteiger partial charge on any atom is -0.462 e. The largest absolute Gasteiger partial charge is 0.462 e. The number of aliphatic hydroxyl groups is 1. The van der Waals surface area contributed by atoms with Gasteiger partial charge in [-0.15, -0.1) is 0 Å². The highest BCUT2D eigenvalue weighted by Gasteiger charge is 2.17. The molecule has 1 atom stereocenters. The van der Waals surface area contributed by atoms with Crippen molar-refractivity contribution in [1.29, 1.82) is 0 Å². The number of carbonyl (C=O) groups excluding carboxylic acids is 1. The van der Waals surface area contributed by atoms with Gasteiger partial charge >= 0.3 is 5.97 Å². The molecule has 1 aromatic heterocycles. The predicted molar refractivity (Wildman–Crippen MR) is 68.0 cm³/mol. The van der Waals surface area contributed by atoms with Gasteiger partial charge in [0.2, 0.25) is 0 Å². The average molecular weight is 248 g/mol. The number of fused-ring (bicyclic) bond motifs is 1. The normalized spacial score (nSPS) is 12.6. The summed E-state index contributed by atoms with van der Waals surface area (Å²) in [6.45, 7) is -0.202. The van der Waals surface area contributed by atoms with Gasteiger partial charge in [-0.3, -0.25) is 4.79 Å². The van der Waals surface area contributed by atoms with Crippen molar-refractivity contribution in [3.63, 3.8) is 0 Å². The van der Waals surface area contributed by atoms with Crippen LogP contribution in [0.15, 0.2) is 30.5 Å². The van der Waals surface area contributed by atoms with Gasteiger partial charge in [-0.05, 0) is 11.6 Å². The van der Waals surface area contributed by atoms with Gasteiger partial charge in [0, 0.05) is 23.5 Å². The molecule has 1 aromatic carbocycles. The second kappa shape index (κ2) is 5.66. The second-order valence-electron chi connectivity index (χ2n) is 4.06. The molecule has 0 aliphatic carbocycles. The molecule has 0 aliphatic heterocycles. The third-order valence-electron chi connectivity index (χ3n) is 2.75. The van der Waals surface area contributed by atoms with Crippen LogP contribution in [0.5, 0.6) is 0 Å². The number of rotatable bonds is 5. The number of aromatic nitrogens is 1. The SMILES string of the molecule is N[C@@H](Cc1c[nH]c2ccccc12)C(=O)OCCO. The number of nitrogens with two attached hydrogens (primary N) is 1. The van der Waals surface area contributed by atoms with Crippen LogP contribution in [0.4, 0.5) is 0 Å². The third-order valence-corrected chi connectivity index (χ3v) is 2.75. The fraction of sp³-hybridized carbons (Fsp3) is 0.308. The summed E-state index contributed by atoms with van der Waals surface area (Å²) in [6, 6.07) is 7.12. The van der Waals surface area contributed by atoms with Crippen molar-refractivity contribution in [2.45, 2.75) is 12.5 Å². The van der Waals surface area contributed by atoms with Crippen molar-refractivity contribution >= 4 is 16.9 Å². The number of H-pyrrole nitrogens is 1. The van der Waals surface area contributed by atoms with E-state index in [4.69, 9.17) is 15.6 Å². The van der Waals surface area contributed by atoms with Gasteiger partial charge in [-0.2, -0.15) is 0 Å². The molecule has 0 spiro atoms. The van der Waals surface area contributed by atoms with Gasteiger partial charge in [0.1, 0.15) is 12.6 Å². The minimum atomic E-state index is -0.712. The number of aromatic amines is 1. The van der Waals surface area contributed by atoms with E-state index in [1.54, 1.807) is 0 Å². The summed E-state index contributed by atoms with van der Waals surface area (Å²) in [5, 5.41) is 9.63. The lowest BCUT2D eigenvalue weighted by molar-refractivity contribution is -0.146. The molecule has 0 unspecified atom stereocenters. The van der Waals surface area contributed by atoms with Gasteiger partial charge in [0.05, 0.1) is 6.61 Å². The Morgan fingerprint density at radius 2 is 2.22 bits per heavy atom. The fourth-order valence-electron chi connectivity index (χ4n) is 1.87. The molecular weight excluding hydrogens is 232 g/mol. The molecule has 0 amide bonds. The van der Waals surface area contributed by atoms with Crippen molar-refractivity contribution in [1.82, 2.24) is 4.98 Å². The van der Waals surface area contributed by atoms with Crippen LogP contribution in [0.2, 0.25) is 0 Å². The summed E-state index contributed by atoms with van der Waals surface area (Å²) in [5.41, 5.74) is 7.77. The molecule has 0 saturated heterocycles. The topological polar surface area (TPSA) is 88.3 Å². The number of esters is 1. The molecular formula is C13H16N2O3. The van der Waals surface area contributed by atoms with Crippen LogP contribution in [-0.2, 0) is 16.0 Å². The number of nitrogens with one attached hydrogen (secondary N) is 1. The molecule has 0 radical (unpaired) electrons. The summed E-state index contributed by atoms with van der Waals surface area (Å²) >= 11 is 0. The molecule has 4 N–H and O–H groups in total. The Kier molecular flexibility index (Phi) is 3.96. The van der Waals surface area contributed by atoms with E-state index in [0.717, 1.165) is 16.5 Å². The van der Waals surface area contributed by atoms with Crippen LogP contribution in [-0.4, -0.2) is 35.3 Å². The number of benzene rings is 1. The number of hydrogen-bond acceptors (Lipinski definition) is 4. The molecule has 18 heavy (non-hydrogen) atoms. The first-order valence-electron chi connectivity index (χ1n) is 5.80. The van der Waals surface area contributed by atoms with E-state index >= 15 is 0 Å². The van der Waals surface area contributed by atoms with Crippen LogP contribution in [0.3, 0.4) is 0 Å². The van der Waals surface area contributed by atoms with E-state index in [2.05, 4.69) is 4.98 Å². The Hall–Kier alpha value is -1.85. The van der Waals surface area contributed by atoms with Gasteiger partial charge in [-0.25, -0.2) is 0 Å². The van der Waals surface area contributed by atoms with Crippen LogP contribution in [0.1, 0.15) is 5.56 Å². The Morgan fingerprint density at radius 3 is 3.00 bits per heavy atom. The van der Waals surface area contributed by atoms with Crippen molar-refractivity contribution in [3.8, 4) is 0 Å². The van der Waals surface area contributed by atoms with Gasteiger partial charge in [-0.1, -0.05) is 18.2 Å². The van der Waals surface area contributed by atoms with Crippen molar-refractivity contribution in [3.05, 3.63) is 36.0 Å². The maximum Gasteiger partial charge on any atom is 0.323 e. The quantitative estimate of drug-likeness (QED) is 0.675. The van der Waals surface area contributed by atoms with E-state index in [-0.39, 0.29) is 13.2 Å². The maximum atomic E-state index is 11.5. The molecule has 0 saturated carbocycles. The van der Waals surface area contributed by atoms with Crippen molar-refractivity contribution in [2.75, 3.05) is 13.2 Å². The van der Waals surface area contributed by atoms with Gasteiger partial charge in [0.25, 0.3) is 0 Å². The summed E-state index contributed by atoms with van der Waals surface area (Å²) in [7, 11) is 0. The van der Waals surface area contributed by atoms with Gasteiger partial charge in [0.15, 0.2) is 0 Å². The molecule has 5 heteroatoms. The summed E-state index contributed by atoms with van der Waals surface area (Å²) in [5.74, 6) is -0.491. The zero-order valence-corrected chi connectivity index (χ0v) is 9.93. The lowest BCUT2D eigenvalue weighted by Crippen LogP contribution is -2.34. The van der Waals surface area contributed by atoms with E-state index in [1.807, 2.05) is 30.5 Å². The Labute approximate surface area is 105 Å². The molecule has 2 rings (SSSR count). The summed E-state index contributed by atoms with van der Waals surface area (Å²) in [6.07, 6.45) is 2.26. The molecule has 0 fully saturated rings. The first kappa shape index (κ1) is 12.6. The second-order valence-corrected chi connectivity index (χ2v) is 4.06. The minimum absolute atomic E-state index is 0.0135. The zero-order valence-electron chi connectivity index (χ0n) is 9.93. The number of ether oxygens (including phenoxy) is 1. The fourth-order valence-corrected chi connectivity index (χ4v) is 1.87. The number of carbonyl (C=O) groups is 1. The zero-order chi connectivity index (χ0) is 13.0. The Balaban J connectivity index is 2.07. The van der Waals surface area contributed by atoms with Crippen molar-refractivity contribution in [2.24, 2.45) is 5.73 Å². The Morgan fingerprint density at radius 1 is 1.44 bits per heavy atom. The predicted octanol–water partition coefficient (Wildman–Crippen LogP) is 0.573. The number of hydrogen-bond donors (Lipinski definition) is 3. The van der Waals surface area contributed by atoms with E-state index in [0.29, 0.717) is 6.42 Å². The third kappa shape index (κ3) is 2.69. The smallest absolute Gasteiger partial charge is 0.323 e. The summed E-state index contributed by atoms with van der Waals surface area (Å²) < 4.78 is 4.79. The number of aliphatic hydroxyl groups excluding tert-OH is 1. The van der Waals surface area contributed by atoms with Crippen LogP contribution < -0.4 is 5.73 Å². The van der Waals surface area contributed by atoms with Crippen LogP contribution in [0.25, 0.3) is 10.9 Å². The van der Waals surface area contributed by atoms with Crippen LogP contribution in [0, 0.1) is 0 Å². The molecule has 1 heterocycles. The molecule has 5 nitrogen and oxygen atoms in total. The number of para-hydroxylation sites is 1. The standard InChI is InChI=1S/C13H16N2O3/c14-11(13(17)18-6-5-16)7-9-8-15-12-4-2-1-3-10(9)12/h1-4,8,11,15-16H,5-7,14H2/t11-/m0/s1. The summed E-state index contributed by atoms with van der Waals surface area (Å²) in [4.78, 5) is 14.6. The maximum absolute atomic E-state index is 11.5. The van der Waals surface area contributed by atoms with E-state index in [1.165, 1.54) is 0 Å². The average Bonchev–Trinajstić information content (AvgIpc) is 2.79. The van der Waals surface area contributed by atoms with E-state index < -0.39 is 12.0 Å².